The zero-order valence-electron chi connectivity index (χ0n) is 18.3. The Morgan fingerprint density at radius 3 is 2.30 bits per heavy atom. The molecule has 0 atom stereocenters. The summed E-state index contributed by atoms with van der Waals surface area (Å²) in [5.41, 5.74) is 2.96. The van der Waals surface area contributed by atoms with Gasteiger partial charge in [-0.15, -0.1) is 0 Å². The fourth-order valence-corrected chi connectivity index (χ4v) is 3.61. The summed E-state index contributed by atoms with van der Waals surface area (Å²) in [6, 6.07) is 31.4. The molecule has 0 radical (unpaired) electrons. The van der Waals surface area contributed by atoms with Crippen molar-refractivity contribution in [3.05, 3.63) is 114 Å². The van der Waals surface area contributed by atoms with Crippen LogP contribution in [0, 0.1) is 0 Å². The smallest absolute Gasteiger partial charge is 0.239 e. The van der Waals surface area contributed by atoms with Gasteiger partial charge in [0.2, 0.25) is 11.8 Å². The summed E-state index contributed by atoms with van der Waals surface area (Å²) < 4.78 is 5.84. The molecule has 166 valence electrons. The van der Waals surface area contributed by atoms with Crippen LogP contribution in [0.2, 0.25) is 0 Å². The molecule has 0 aromatic heterocycles. The Balaban J connectivity index is 1.23. The molecule has 0 fully saturated rings. The number of ether oxygens (including phenoxy) is 1. The fourth-order valence-electron chi connectivity index (χ4n) is 3.61. The summed E-state index contributed by atoms with van der Waals surface area (Å²) in [5.74, 6) is 0.323. The van der Waals surface area contributed by atoms with E-state index in [0.717, 1.165) is 33.2 Å². The first-order valence-electron chi connectivity index (χ1n) is 10.9. The molecule has 5 nitrogen and oxygen atoms in total. The summed E-state index contributed by atoms with van der Waals surface area (Å²) in [7, 11) is 0. The highest BCUT2D eigenvalue weighted by Gasteiger charge is 2.09. The van der Waals surface area contributed by atoms with Crippen LogP contribution in [0.25, 0.3) is 10.8 Å². The minimum atomic E-state index is -0.239. The largest absolute Gasteiger partial charge is 0.489 e. The molecule has 0 aliphatic heterocycles. The Kier molecular flexibility index (Phi) is 7.33. The van der Waals surface area contributed by atoms with Gasteiger partial charge in [0, 0.05) is 6.54 Å². The molecule has 4 rings (SSSR count). The Morgan fingerprint density at radius 1 is 0.697 bits per heavy atom. The summed E-state index contributed by atoms with van der Waals surface area (Å²) >= 11 is 0. The number of benzene rings is 4. The molecule has 0 unspecified atom stereocenters. The highest BCUT2D eigenvalue weighted by Crippen LogP contribution is 2.19. The molecular weight excluding hydrogens is 412 g/mol. The average molecular weight is 439 g/mol. The Hall–Kier alpha value is -4.12. The van der Waals surface area contributed by atoms with Gasteiger partial charge in [-0.05, 0) is 39.6 Å². The van der Waals surface area contributed by atoms with Crippen molar-refractivity contribution < 1.29 is 14.3 Å². The molecule has 0 spiro atoms. The standard InChI is InChI=1S/C28H26N2O3/c31-27(17-24-13-7-12-23-11-4-5-15-26(23)24)30-19-28(32)29-18-22-10-6-14-25(16-22)33-20-21-8-2-1-3-9-21/h1-16H,17-20H2,(H,29,32)(H,30,31). The number of rotatable bonds is 9. The third kappa shape index (κ3) is 6.43. The molecule has 5 heteroatoms. The van der Waals surface area contributed by atoms with E-state index in [4.69, 9.17) is 4.74 Å². The van der Waals surface area contributed by atoms with Crippen molar-refractivity contribution >= 4 is 22.6 Å². The maximum absolute atomic E-state index is 12.4. The summed E-state index contributed by atoms with van der Waals surface area (Å²) in [6.07, 6.45) is 0.232. The highest BCUT2D eigenvalue weighted by atomic mass is 16.5. The monoisotopic (exact) mass is 438 g/mol. The third-order valence-electron chi connectivity index (χ3n) is 5.31. The SMILES string of the molecule is O=C(CNC(=O)Cc1cccc2ccccc12)NCc1cccc(OCc2ccccc2)c1. The lowest BCUT2D eigenvalue weighted by atomic mass is 10.0. The zero-order chi connectivity index (χ0) is 22.9. The summed E-state index contributed by atoms with van der Waals surface area (Å²) in [4.78, 5) is 24.6. The number of nitrogens with one attached hydrogen (secondary N) is 2. The van der Waals surface area contributed by atoms with E-state index in [0.29, 0.717) is 13.2 Å². The van der Waals surface area contributed by atoms with Gasteiger partial charge in [0.15, 0.2) is 0 Å². The van der Waals surface area contributed by atoms with E-state index in [1.54, 1.807) is 0 Å². The lowest BCUT2D eigenvalue weighted by molar-refractivity contribution is -0.125. The number of fused-ring (bicyclic) bond motifs is 1. The Morgan fingerprint density at radius 2 is 1.42 bits per heavy atom. The van der Waals surface area contributed by atoms with Crippen molar-refractivity contribution in [2.24, 2.45) is 0 Å². The molecule has 2 N–H and O–H groups in total. The molecule has 0 bridgehead atoms. The minimum Gasteiger partial charge on any atom is -0.489 e. The van der Waals surface area contributed by atoms with Crippen LogP contribution in [0.5, 0.6) is 5.75 Å². The number of hydrogen-bond donors (Lipinski definition) is 2. The van der Waals surface area contributed by atoms with Gasteiger partial charge in [0.1, 0.15) is 12.4 Å². The van der Waals surface area contributed by atoms with E-state index < -0.39 is 0 Å². The Bertz CT molecular complexity index is 1230. The second-order valence-electron chi connectivity index (χ2n) is 7.79. The minimum absolute atomic E-state index is 0.0617. The summed E-state index contributed by atoms with van der Waals surface area (Å²) in [6.45, 7) is 0.785. The van der Waals surface area contributed by atoms with Gasteiger partial charge < -0.3 is 15.4 Å². The maximum Gasteiger partial charge on any atom is 0.239 e. The van der Waals surface area contributed by atoms with Gasteiger partial charge in [-0.25, -0.2) is 0 Å². The Labute approximate surface area is 193 Å². The van der Waals surface area contributed by atoms with Crippen molar-refractivity contribution in [2.45, 2.75) is 19.6 Å². The van der Waals surface area contributed by atoms with Crippen LogP contribution in [0.4, 0.5) is 0 Å². The van der Waals surface area contributed by atoms with Crippen LogP contribution in [0.15, 0.2) is 97.1 Å². The van der Waals surface area contributed by atoms with Gasteiger partial charge in [0.05, 0.1) is 13.0 Å². The van der Waals surface area contributed by atoms with E-state index in [9.17, 15) is 9.59 Å². The third-order valence-corrected chi connectivity index (χ3v) is 5.31. The van der Waals surface area contributed by atoms with Crippen LogP contribution >= 0.6 is 0 Å². The first kappa shape index (κ1) is 22.1. The number of carbonyl (C=O) groups excluding carboxylic acids is 2. The van der Waals surface area contributed by atoms with Crippen molar-refractivity contribution in [1.29, 1.82) is 0 Å². The predicted molar refractivity (Wildman–Crippen MR) is 130 cm³/mol. The van der Waals surface area contributed by atoms with Crippen LogP contribution in [0.1, 0.15) is 16.7 Å². The molecule has 2 amide bonds. The number of hydrogen-bond acceptors (Lipinski definition) is 3. The number of carbonyl (C=O) groups is 2. The van der Waals surface area contributed by atoms with Crippen molar-refractivity contribution in [3.63, 3.8) is 0 Å². The fraction of sp³-hybridized carbons (Fsp3) is 0.143. The lowest BCUT2D eigenvalue weighted by Gasteiger charge is -2.10. The van der Waals surface area contributed by atoms with Gasteiger partial charge in [-0.1, -0.05) is 84.9 Å². The molecule has 0 saturated carbocycles. The molecule has 0 heterocycles. The number of amides is 2. The van der Waals surface area contributed by atoms with Gasteiger partial charge in [0.25, 0.3) is 0 Å². The van der Waals surface area contributed by atoms with Crippen molar-refractivity contribution in [2.75, 3.05) is 6.54 Å². The van der Waals surface area contributed by atoms with Gasteiger partial charge in [-0.3, -0.25) is 9.59 Å². The normalized spacial score (nSPS) is 10.5. The first-order valence-corrected chi connectivity index (χ1v) is 10.9. The molecule has 4 aromatic carbocycles. The second kappa shape index (κ2) is 11.0. The van der Waals surface area contributed by atoms with Gasteiger partial charge >= 0.3 is 0 Å². The van der Waals surface area contributed by atoms with E-state index in [2.05, 4.69) is 10.6 Å². The molecule has 0 saturated heterocycles. The zero-order valence-corrected chi connectivity index (χ0v) is 18.3. The lowest BCUT2D eigenvalue weighted by Crippen LogP contribution is -2.37. The highest BCUT2D eigenvalue weighted by molar-refractivity contribution is 5.91. The molecule has 4 aromatic rings. The average Bonchev–Trinajstić information content (AvgIpc) is 2.86. The van der Waals surface area contributed by atoms with Crippen LogP contribution < -0.4 is 15.4 Å². The van der Waals surface area contributed by atoms with Crippen LogP contribution in [-0.4, -0.2) is 18.4 Å². The maximum atomic E-state index is 12.4. The quantitative estimate of drug-likeness (QED) is 0.407. The van der Waals surface area contributed by atoms with E-state index in [1.807, 2.05) is 97.1 Å². The molecular formula is C28H26N2O3. The van der Waals surface area contributed by atoms with Crippen LogP contribution in [0.3, 0.4) is 0 Å². The second-order valence-corrected chi connectivity index (χ2v) is 7.79. The predicted octanol–water partition coefficient (Wildman–Crippen LogP) is 4.39. The van der Waals surface area contributed by atoms with E-state index >= 15 is 0 Å². The summed E-state index contributed by atoms with van der Waals surface area (Å²) in [5, 5.41) is 7.69. The molecule has 0 aliphatic rings. The molecule has 33 heavy (non-hydrogen) atoms. The van der Waals surface area contributed by atoms with Crippen molar-refractivity contribution in [3.8, 4) is 5.75 Å². The van der Waals surface area contributed by atoms with E-state index in [-0.39, 0.29) is 24.8 Å². The van der Waals surface area contributed by atoms with Gasteiger partial charge in [-0.2, -0.15) is 0 Å². The molecule has 0 aliphatic carbocycles. The van der Waals surface area contributed by atoms with Crippen LogP contribution in [-0.2, 0) is 29.2 Å². The van der Waals surface area contributed by atoms with E-state index in [1.165, 1.54) is 0 Å². The van der Waals surface area contributed by atoms with Crippen molar-refractivity contribution in [1.82, 2.24) is 10.6 Å². The topological polar surface area (TPSA) is 67.4 Å². The first-order chi connectivity index (χ1) is 16.2.